The molecule has 0 unspecified atom stereocenters. The van der Waals surface area contributed by atoms with Crippen LogP contribution in [0.2, 0.25) is 0 Å². The second-order valence-electron chi connectivity index (χ2n) is 4.18. The first-order chi connectivity index (χ1) is 9.69. The molecule has 106 valence electrons. The Morgan fingerprint density at radius 3 is 2.85 bits per heavy atom. The SMILES string of the molecule is CCCCNC(=O)OC(=O)Nc1nc2ccccc2[nH]1. The molecule has 20 heavy (non-hydrogen) atoms. The fourth-order valence-electron chi connectivity index (χ4n) is 1.62. The van der Waals surface area contributed by atoms with Gasteiger partial charge in [0.25, 0.3) is 0 Å². The van der Waals surface area contributed by atoms with Crippen molar-refractivity contribution in [2.75, 3.05) is 11.9 Å². The fraction of sp³-hybridized carbons (Fsp3) is 0.308. The van der Waals surface area contributed by atoms with E-state index in [1.807, 2.05) is 25.1 Å². The Morgan fingerprint density at radius 1 is 1.30 bits per heavy atom. The minimum absolute atomic E-state index is 0.234. The van der Waals surface area contributed by atoms with Crippen LogP contribution in [0, 0.1) is 0 Å². The summed E-state index contributed by atoms with van der Waals surface area (Å²) >= 11 is 0. The molecule has 0 aliphatic heterocycles. The smallest absolute Gasteiger partial charge is 0.359 e. The van der Waals surface area contributed by atoms with E-state index in [0.29, 0.717) is 6.54 Å². The Kier molecular flexibility index (Phi) is 4.54. The van der Waals surface area contributed by atoms with Crippen molar-refractivity contribution in [2.24, 2.45) is 0 Å². The lowest BCUT2D eigenvalue weighted by Gasteiger charge is -2.04. The van der Waals surface area contributed by atoms with Gasteiger partial charge < -0.3 is 15.0 Å². The number of carbonyl (C=O) groups is 2. The Labute approximate surface area is 115 Å². The van der Waals surface area contributed by atoms with Crippen molar-refractivity contribution < 1.29 is 14.3 Å². The lowest BCUT2D eigenvalue weighted by molar-refractivity contribution is 0.159. The molecule has 7 nitrogen and oxygen atoms in total. The van der Waals surface area contributed by atoms with Gasteiger partial charge in [-0.05, 0) is 18.6 Å². The van der Waals surface area contributed by atoms with Gasteiger partial charge in [0, 0.05) is 6.54 Å². The first-order valence-electron chi connectivity index (χ1n) is 6.40. The van der Waals surface area contributed by atoms with Crippen molar-refractivity contribution >= 4 is 29.2 Å². The van der Waals surface area contributed by atoms with Crippen molar-refractivity contribution in [3.8, 4) is 0 Å². The van der Waals surface area contributed by atoms with Gasteiger partial charge in [-0.3, -0.25) is 5.32 Å². The number of nitrogens with zero attached hydrogens (tertiary/aromatic N) is 1. The van der Waals surface area contributed by atoms with E-state index in [-0.39, 0.29) is 5.95 Å². The number of imidazole rings is 1. The van der Waals surface area contributed by atoms with Crippen LogP contribution in [-0.2, 0) is 4.74 Å². The van der Waals surface area contributed by atoms with E-state index >= 15 is 0 Å². The molecular formula is C13H16N4O3. The molecule has 2 aromatic rings. The van der Waals surface area contributed by atoms with Crippen molar-refractivity contribution in [3.05, 3.63) is 24.3 Å². The Morgan fingerprint density at radius 2 is 2.10 bits per heavy atom. The molecule has 0 saturated heterocycles. The first kappa shape index (κ1) is 13.9. The van der Waals surface area contributed by atoms with Crippen LogP contribution in [0.5, 0.6) is 0 Å². The highest BCUT2D eigenvalue weighted by atomic mass is 16.6. The van der Waals surface area contributed by atoms with Gasteiger partial charge >= 0.3 is 12.2 Å². The number of nitrogens with one attached hydrogen (secondary N) is 3. The maximum absolute atomic E-state index is 11.5. The molecule has 0 aliphatic rings. The maximum atomic E-state index is 11.5. The molecule has 1 aromatic carbocycles. The van der Waals surface area contributed by atoms with Gasteiger partial charge in [0.2, 0.25) is 5.95 Å². The zero-order valence-corrected chi connectivity index (χ0v) is 11.1. The number of aromatic amines is 1. The number of unbranched alkanes of at least 4 members (excludes halogenated alkanes) is 1. The van der Waals surface area contributed by atoms with E-state index in [9.17, 15) is 9.59 Å². The van der Waals surface area contributed by atoms with E-state index < -0.39 is 12.2 Å². The van der Waals surface area contributed by atoms with Gasteiger partial charge in [0.1, 0.15) is 0 Å². The largest absolute Gasteiger partial charge is 0.422 e. The van der Waals surface area contributed by atoms with E-state index in [1.54, 1.807) is 6.07 Å². The number of aromatic nitrogens is 2. The summed E-state index contributed by atoms with van der Waals surface area (Å²) < 4.78 is 4.54. The van der Waals surface area contributed by atoms with Crippen LogP contribution >= 0.6 is 0 Å². The molecule has 0 radical (unpaired) electrons. The topological polar surface area (TPSA) is 96.1 Å². The molecule has 0 bridgehead atoms. The summed E-state index contributed by atoms with van der Waals surface area (Å²) in [6.45, 7) is 2.48. The number of ether oxygens (including phenoxy) is 1. The molecule has 2 rings (SSSR count). The molecule has 0 spiro atoms. The van der Waals surface area contributed by atoms with E-state index in [1.165, 1.54) is 0 Å². The number of carbonyl (C=O) groups excluding carboxylic acids is 2. The third kappa shape index (κ3) is 3.71. The maximum Gasteiger partial charge on any atom is 0.422 e. The molecule has 0 fully saturated rings. The highest BCUT2D eigenvalue weighted by Gasteiger charge is 2.11. The van der Waals surface area contributed by atoms with Crippen molar-refractivity contribution in [2.45, 2.75) is 19.8 Å². The number of hydrogen-bond donors (Lipinski definition) is 3. The lowest BCUT2D eigenvalue weighted by Crippen LogP contribution is -2.29. The zero-order chi connectivity index (χ0) is 14.4. The Bertz CT molecular complexity index is 575. The first-order valence-corrected chi connectivity index (χ1v) is 6.40. The number of H-pyrrole nitrogens is 1. The fourth-order valence-corrected chi connectivity index (χ4v) is 1.62. The molecule has 2 amide bonds. The molecule has 7 heteroatoms. The second kappa shape index (κ2) is 6.55. The van der Waals surface area contributed by atoms with E-state index in [4.69, 9.17) is 0 Å². The van der Waals surface area contributed by atoms with Crippen LogP contribution in [0.25, 0.3) is 11.0 Å². The highest BCUT2D eigenvalue weighted by molar-refractivity contribution is 5.92. The minimum atomic E-state index is -0.877. The summed E-state index contributed by atoms with van der Waals surface area (Å²) in [5.41, 5.74) is 1.50. The predicted molar refractivity (Wildman–Crippen MR) is 74.5 cm³/mol. The molecule has 1 aromatic heterocycles. The summed E-state index contributed by atoms with van der Waals surface area (Å²) in [5.74, 6) is 0.234. The highest BCUT2D eigenvalue weighted by Crippen LogP contribution is 2.13. The summed E-state index contributed by atoms with van der Waals surface area (Å²) in [5, 5.41) is 4.84. The van der Waals surface area contributed by atoms with Gasteiger partial charge in [-0.1, -0.05) is 25.5 Å². The lowest BCUT2D eigenvalue weighted by atomic mass is 10.3. The molecule has 1 heterocycles. The average molecular weight is 276 g/mol. The number of benzene rings is 1. The van der Waals surface area contributed by atoms with Crippen molar-refractivity contribution in [3.63, 3.8) is 0 Å². The zero-order valence-electron chi connectivity index (χ0n) is 11.1. The Balaban J connectivity index is 1.86. The summed E-state index contributed by atoms with van der Waals surface area (Å²) in [4.78, 5) is 29.8. The molecule has 3 N–H and O–H groups in total. The van der Waals surface area contributed by atoms with Gasteiger partial charge in [-0.2, -0.15) is 0 Å². The van der Waals surface area contributed by atoms with Gasteiger partial charge in [0.15, 0.2) is 0 Å². The number of hydrogen-bond acceptors (Lipinski definition) is 4. The van der Waals surface area contributed by atoms with Gasteiger partial charge in [-0.25, -0.2) is 14.6 Å². The third-order valence-corrected chi connectivity index (χ3v) is 2.59. The van der Waals surface area contributed by atoms with Crippen LogP contribution in [-0.4, -0.2) is 28.7 Å². The van der Waals surface area contributed by atoms with Crippen LogP contribution in [0.4, 0.5) is 15.5 Å². The second-order valence-corrected chi connectivity index (χ2v) is 4.18. The number of anilines is 1. The van der Waals surface area contributed by atoms with E-state index in [0.717, 1.165) is 23.9 Å². The minimum Gasteiger partial charge on any atom is -0.359 e. The number of rotatable bonds is 4. The van der Waals surface area contributed by atoms with Crippen LogP contribution in [0.1, 0.15) is 19.8 Å². The molecule has 0 aliphatic carbocycles. The van der Waals surface area contributed by atoms with Crippen molar-refractivity contribution in [1.82, 2.24) is 15.3 Å². The number of alkyl carbamates (subject to hydrolysis) is 1. The van der Waals surface area contributed by atoms with E-state index in [2.05, 4.69) is 25.3 Å². The molecular weight excluding hydrogens is 260 g/mol. The van der Waals surface area contributed by atoms with Gasteiger partial charge in [0.05, 0.1) is 11.0 Å². The Hall–Kier alpha value is -2.57. The molecule has 0 saturated carbocycles. The average Bonchev–Trinajstić information content (AvgIpc) is 2.80. The number of amides is 2. The summed E-state index contributed by atoms with van der Waals surface area (Å²) in [6, 6.07) is 7.33. The monoisotopic (exact) mass is 276 g/mol. The van der Waals surface area contributed by atoms with Crippen LogP contribution < -0.4 is 10.6 Å². The summed E-state index contributed by atoms with van der Waals surface area (Å²) in [6.07, 6.45) is 0.135. The normalized spacial score (nSPS) is 10.2. The standard InChI is InChI=1S/C13H16N4O3/c1-2-3-8-14-12(18)20-13(19)17-11-15-9-6-4-5-7-10(9)16-11/h4-7H,2-3,8H2,1H3,(H,14,18)(H2,15,16,17,19). The van der Waals surface area contributed by atoms with Crippen molar-refractivity contribution in [1.29, 1.82) is 0 Å². The molecule has 0 atom stereocenters. The van der Waals surface area contributed by atoms with Crippen LogP contribution in [0.15, 0.2) is 24.3 Å². The number of fused-ring (bicyclic) bond motifs is 1. The van der Waals surface area contributed by atoms with Crippen LogP contribution in [0.3, 0.4) is 0 Å². The van der Waals surface area contributed by atoms with Gasteiger partial charge in [-0.15, -0.1) is 0 Å². The third-order valence-electron chi connectivity index (χ3n) is 2.59. The number of para-hydroxylation sites is 2. The quantitative estimate of drug-likeness (QED) is 0.590. The predicted octanol–water partition coefficient (Wildman–Crippen LogP) is 2.62. The summed E-state index contributed by atoms with van der Waals surface area (Å²) in [7, 11) is 0.